The molecule has 1 amide bonds. The summed E-state index contributed by atoms with van der Waals surface area (Å²) in [5, 5.41) is 3.96. The van der Waals surface area contributed by atoms with Crippen molar-refractivity contribution in [3.05, 3.63) is 59.0 Å². The van der Waals surface area contributed by atoms with Gasteiger partial charge in [-0.1, -0.05) is 29.8 Å². The number of rotatable bonds is 6. The summed E-state index contributed by atoms with van der Waals surface area (Å²) in [6.07, 6.45) is 1.53. The molecule has 26 heavy (non-hydrogen) atoms. The normalized spacial score (nSPS) is 20.4. The lowest BCUT2D eigenvalue weighted by Gasteiger charge is -2.29. The Morgan fingerprint density at radius 1 is 1.08 bits per heavy atom. The highest BCUT2D eigenvalue weighted by Crippen LogP contribution is 2.02. The summed E-state index contributed by atoms with van der Waals surface area (Å²) in [7, 11) is 0. The zero-order valence-electron chi connectivity index (χ0n) is 15.5. The molecule has 2 heterocycles. The number of piperazine rings is 1. The number of hydrazone groups is 1. The van der Waals surface area contributed by atoms with Crippen molar-refractivity contribution < 1.29 is 19.0 Å². The summed E-state index contributed by atoms with van der Waals surface area (Å²) in [6.45, 7) is 9.71. The number of nitrogens with one attached hydrogen (secondary N) is 3. The third-order valence-electron chi connectivity index (χ3n) is 4.79. The summed E-state index contributed by atoms with van der Waals surface area (Å²) < 4.78 is 5.37. The second-order valence-corrected chi connectivity index (χ2v) is 7.08. The minimum absolute atomic E-state index is 0.0542. The Labute approximate surface area is 154 Å². The van der Waals surface area contributed by atoms with Gasteiger partial charge in [-0.2, -0.15) is 5.10 Å². The average Bonchev–Trinajstić information content (AvgIpc) is 3.04. The van der Waals surface area contributed by atoms with E-state index in [0.717, 1.165) is 38.5 Å². The van der Waals surface area contributed by atoms with E-state index >= 15 is 0 Å². The Morgan fingerprint density at radius 3 is 2.42 bits per heavy atom. The van der Waals surface area contributed by atoms with Crippen LogP contribution in [0, 0.1) is 13.8 Å². The zero-order valence-corrected chi connectivity index (χ0v) is 15.5. The Bertz CT molecular complexity index is 743. The van der Waals surface area contributed by atoms with Crippen LogP contribution in [0.2, 0.25) is 0 Å². The summed E-state index contributed by atoms with van der Waals surface area (Å²) in [5.74, 6) is 1.42. The molecule has 6 heteroatoms. The van der Waals surface area contributed by atoms with Crippen LogP contribution >= 0.6 is 0 Å². The zero-order chi connectivity index (χ0) is 18.4. The van der Waals surface area contributed by atoms with E-state index < -0.39 is 0 Å². The van der Waals surface area contributed by atoms with E-state index in [2.05, 4.69) is 41.7 Å². The number of furan rings is 1. The minimum atomic E-state index is -0.0542. The molecule has 1 fully saturated rings. The number of quaternary nitrogens is 2. The summed E-state index contributed by atoms with van der Waals surface area (Å²) >= 11 is 0. The first-order valence-corrected chi connectivity index (χ1v) is 9.19. The van der Waals surface area contributed by atoms with Crippen molar-refractivity contribution in [2.75, 3.05) is 32.7 Å². The summed E-state index contributed by atoms with van der Waals surface area (Å²) in [4.78, 5) is 14.9. The number of hydrogen-bond acceptors (Lipinski definition) is 3. The molecular weight excluding hydrogens is 328 g/mol. The number of aryl methyl sites for hydroxylation is 2. The Morgan fingerprint density at radius 2 is 1.77 bits per heavy atom. The predicted molar refractivity (Wildman–Crippen MR) is 100 cm³/mol. The van der Waals surface area contributed by atoms with Gasteiger partial charge in [0, 0.05) is 5.56 Å². The predicted octanol–water partition coefficient (Wildman–Crippen LogP) is -0.670. The van der Waals surface area contributed by atoms with Gasteiger partial charge in [-0.05, 0) is 26.0 Å². The SMILES string of the molecule is Cc1ccc(C[NH+]2CC[NH+](CC(=O)N/N=C\c3ccc(C)o3)CC2)cc1. The van der Waals surface area contributed by atoms with Gasteiger partial charge < -0.3 is 14.2 Å². The molecule has 0 radical (unpaired) electrons. The van der Waals surface area contributed by atoms with Gasteiger partial charge in [0.15, 0.2) is 6.54 Å². The van der Waals surface area contributed by atoms with E-state index in [4.69, 9.17) is 4.42 Å². The van der Waals surface area contributed by atoms with Crippen LogP contribution < -0.4 is 15.2 Å². The minimum Gasteiger partial charge on any atom is -0.460 e. The van der Waals surface area contributed by atoms with Crippen molar-refractivity contribution >= 4 is 12.1 Å². The molecule has 0 atom stereocenters. The fourth-order valence-corrected chi connectivity index (χ4v) is 3.26. The first-order chi connectivity index (χ1) is 12.6. The lowest BCUT2D eigenvalue weighted by atomic mass is 10.1. The molecule has 3 N–H and O–H groups in total. The van der Waals surface area contributed by atoms with Gasteiger partial charge >= 0.3 is 0 Å². The fraction of sp³-hybridized carbons (Fsp3) is 0.400. The van der Waals surface area contributed by atoms with Crippen LogP contribution in [-0.2, 0) is 11.3 Å². The van der Waals surface area contributed by atoms with E-state index in [9.17, 15) is 4.79 Å². The van der Waals surface area contributed by atoms with Gasteiger partial charge in [0.05, 0.1) is 6.21 Å². The average molecular weight is 356 g/mol. The molecule has 138 valence electrons. The monoisotopic (exact) mass is 356 g/mol. The van der Waals surface area contributed by atoms with Gasteiger partial charge in [-0.3, -0.25) is 4.79 Å². The molecule has 0 unspecified atom stereocenters. The van der Waals surface area contributed by atoms with E-state index in [-0.39, 0.29) is 5.91 Å². The van der Waals surface area contributed by atoms with Gasteiger partial charge in [-0.25, -0.2) is 5.43 Å². The fourth-order valence-electron chi connectivity index (χ4n) is 3.26. The van der Waals surface area contributed by atoms with Crippen molar-refractivity contribution in [1.82, 2.24) is 5.43 Å². The topological polar surface area (TPSA) is 63.5 Å². The molecule has 1 aromatic heterocycles. The maximum atomic E-state index is 12.0. The van der Waals surface area contributed by atoms with Crippen LogP contribution in [0.5, 0.6) is 0 Å². The number of hydrogen-bond donors (Lipinski definition) is 3. The molecule has 2 aromatic rings. The number of carbonyl (C=O) groups is 1. The third-order valence-corrected chi connectivity index (χ3v) is 4.79. The van der Waals surface area contributed by atoms with Crippen LogP contribution in [0.4, 0.5) is 0 Å². The molecular formula is C20H28N4O2+2. The van der Waals surface area contributed by atoms with Crippen LogP contribution in [0.1, 0.15) is 22.6 Å². The molecule has 1 aromatic carbocycles. The second kappa shape index (κ2) is 8.78. The van der Waals surface area contributed by atoms with E-state index in [1.54, 1.807) is 4.90 Å². The molecule has 0 aliphatic carbocycles. The Kier molecular flexibility index (Phi) is 6.20. The standard InChI is InChI=1S/C20H26N4O2/c1-16-3-6-18(7-4-16)14-23-9-11-24(12-10-23)15-20(25)22-21-13-19-8-5-17(2)26-19/h3-8,13H,9-12,14-15H2,1-2H3,(H,22,25)/p+2/b21-13-. The smallest absolute Gasteiger partial charge is 0.295 e. The lowest BCUT2D eigenvalue weighted by Crippen LogP contribution is -3.28. The third kappa shape index (κ3) is 5.54. The number of nitrogens with zero attached hydrogens (tertiary/aromatic N) is 1. The molecule has 6 nitrogen and oxygen atoms in total. The van der Waals surface area contributed by atoms with Crippen LogP contribution in [0.3, 0.4) is 0 Å². The summed E-state index contributed by atoms with van der Waals surface area (Å²) in [6, 6.07) is 12.5. The molecule has 1 saturated heterocycles. The molecule has 1 aliphatic heterocycles. The van der Waals surface area contributed by atoms with Crippen molar-refractivity contribution in [1.29, 1.82) is 0 Å². The van der Waals surface area contributed by atoms with Gasteiger partial charge in [0.2, 0.25) is 0 Å². The highest BCUT2D eigenvalue weighted by atomic mass is 16.3. The van der Waals surface area contributed by atoms with Crippen molar-refractivity contribution in [3.8, 4) is 0 Å². The molecule has 0 saturated carbocycles. The van der Waals surface area contributed by atoms with Crippen molar-refractivity contribution in [2.45, 2.75) is 20.4 Å². The Hall–Kier alpha value is -2.44. The second-order valence-electron chi connectivity index (χ2n) is 7.08. The summed E-state index contributed by atoms with van der Waals surface area (Å²) in [5.41, 5.74) is 5.27. The van der Waals surface area contributed by atoms with Gasteiger partial charge in [-0.15, -0.1) is 0 Å². The Balaban J connectivity index is 1.37. The van der Waals surface area contributed by atoms with Crippen LogP contribution in [0.25, 0.3) is 0 Å². The van der Waals surface area contributed by atoms with E-state index in [0.29, 0.717) is 12.3 Å². The van der Waals surface area contributed by atoms with E-state index in [1.807, 2.05) is 19.1 Å². The van der Waals surface area contributed by atoms with Crippen LogP contribution in [0.15, 0.2) is 45.9 Å². The number of carbonyl (C=O) groups excluding carboxylic acids is 1. The van der Waals surface area contributed by atoms with E-state index in [1.165, 1.54) is 22.2 Å². The highest BCUT2D eigenvalue weighted by molar-refractivity contribution is 5.80. The molecule has 0 bridgehead atoms. The molecule has 0 spiro atoms. The van der Waals surface area contributed by atoms with Crippen molar-refractivity contribution in [2.24, 2.45) is 5.10 Å². The van der Waals surface area contributed by atoms with Crippen molar-refractivity contribution in [3.63, 3.8) is 0 Å². The maximum Gasteiger partial charge on any atom is 0.295 e. The lowest BCUT2D eigenvalue weighted by molar-refractivity contribution is -1.02. The largest absolute Gasteiger partial charge is 0.460 e. The molecule has 1 aliphatic rings. The maximum absolute atomic E-state index is 12.0. The number of amides is 1. The van der Waals surface area contributed by atoms with Gasteiger partial charge in [0.25, 0.3) is 5.91 Å². The quantitative estimate of drug-likeness (QED) is 0.475. The van der Waals surface area contributed by atoms with Crippen LogP contribution in [-0.4, -0.2) is 44.8 Å². The first kappa shape index (κ1) is 18.4. The first-order valence-electron chi connectivity index (χ1n) is 9.19. The molecule has 3 rings (SSSR count). The highest BCUT2D eigenvalue weighted by Gasteiger charge is 2.24. The number of benzene rings is 1. The van der Waals surface area contributed by atoms with Gasteiger partial charge in [0.1, 0.15) is 44.2 Å².